The molecule has 2 heterocycles. The van der Waals surface area contributed by atoms with E-state index in [0.717, 1.165) is 6.42 Å². The number of carbonyl (C=O) groups excluding carboxylic acids is 1. The second kappa shape index (κ2) is 7.23. The topological polar surface area (TPSA) is 78.5 Å². The predicted octanol–water partition coefficient (Wildman–Crippen LogP) is 2.50. The molecule has 0 saturated carbocycles. The van der Waals surface area contributed by atoms with E-state index in [1.807, 2.05) is 6.92 Å². The average Bonchev–Trinajstić information content (AvgIpc) is 3.08. The lowest BCUT2D eigenvalue weighted by molar-refractivity contribution is -0.0271. The predicted molar refractivity (Wildman–Crippen MR) is 89.7 cm³/mol. The summed E-state index contributed by atoms with van der Waals surface area (Å²) in [6, 6.07) is 7.49. The summed E-state index contributed by atoms with van der Waals surface area (Å²) in [4.78, 5) is 14.2. The first kappa shape index (κ1) is 17.4. The molecule has 1 unspecified atom stereocenters. The van der Waals surface area contributed by atoms with E-state index in [1.54, 1.807) is 23.1 Å². The molecule has 25 heavy (non-hydrogen) atoms. The summed E-state index contributed by atoms with van der Waals surface area (Å²) in [6.07, 6.45) is 2.10. The highest BCUT2D eigenvalue weighted by atomic mass is 19.1. The molecule has 1 amide bonds. The molecular weight excluding hydrogens is 325 g/mol. The molecule has 3 rings (SSSR count). The number of β-amino-alcohol motifs (C(OH)–C–C–N with tert-alkyl or cyclic N) is 1. The fraction of sp³-hybridized carbons (Fsp3) is 0.444. The summed E-state index contributed by atoms with van der Waals surface area (Å²) in [7, 11) is 0. The van der Waals surface area contributed by atoms with Crippen LogP contribution in [0.2, 0.25) is 0 Å². The number of halogens is 1. The largest absolute Gasteiger partial charge is 0.487 e. The van der Waals surface area contributed by atoms with Gasteiger partial charge in [-0.05, 0) is 37.5 Å². The van der Waals surface area contributed by atoms with Crippen molar-refractivity contribution in [3.8, 4) is 5.75 Å². The van der Waals surface area contributed by atoms with Crippen LogP contribution in [-0.2, 0) is 6.61 Å². The highest BCUT2D eigenvalue weighted by Gasteiger charge is 2.34. The molecular formula is C18H22FN3O3. The van der Waals surface area contributed by atoms with Crippen LogP contribution in [0.15, 0.2) is 30.3 Å². The van der Waals surface area contributed by atoms with E-state index < -0.39 is 5.60 Å². The van der Waals surface area contributed by atoms with Gasteiger partial charge in [0.05, 0.1) is 11.3 Å². The van der Waals surface area contributed by atoms with Gasteiger partial charge in [-0.3, -0.25) is 9.89 Å². The summed E-state index contributed by atoms with van der Waals surface area (Å²) < 4.78 is 18.6. The number of rotatable bonds is 5. The van der Waals surface area contributed by atoms with Crippen molar-refractivity contribution in [3.05, 3.63) is 47.5 Å². The van der Waals surface area contributed by atoms with Gasteiger partial charge < -0.3 is 14.7 Å². The Bertz CT molecular complexity index is 749. The Balaban J connectivity index is 1.61. The van der Waals surface area contributed by atoms with Crippen molar-refractivity contribution in [3.63, 3.8) is 0 Å². The third kappa shape index (κ3) is 4.17. The average molecular weight is 347 g/mol. The second-order valence-corrected chi connectivity index (χ2v) is 6.43. The molecule has 0 bridgehead atoms. The van der Waals surface area contributed by atoms with Crippen molar-refractivity contribution in [1.29, 1.82) is 0 Å². The Hall–Kier alpha value is -2.41. The summed E-state index contributed by atoms with van der Waals surface area (Å²) in [5, 5.41) is 17.2. The third-order valence-corrected chi connectivity index (χ3v) is 4.54. The number of H-pyrrole nitrogens is 1. The number of hydrogen-bond donors (Lipinski definition) is 2. The van der Waals surface area contributed by atoms with E-state index >= 15 is 0 Å². The van der Waals surface area contributed by atoms with Gasteiger partial charge in [-0.1, -0.05) is 13.0 Å². The van der Waals surface area contributed by atoms with Crippen LogP contribution in [0.4, 0.5) is 4.39 Å². The number of likely N-dealkylation sites (tertiary alicyclic amines) is 1. The van der Waals surface area contributed by atoms with E-state index in [-0.39, 0.29) is 24.0 Å². The van der Waals surface area contributed by atoms with E-state index in [1.165, 1.54) is 12.1 Å². The van der Waals surface area contributed by atoms with Gasteiger partial charge in [0, 0.05) is 19.2 Å². The lowest BCUT2D eigenvalue weighted by atomic mass is 9.90. The molecule has 1 aromatic carbocycles. The lowest BCUT2D eigenvalue weighted by Gasteiger charge is -2.38. The zero-order valence-corrected chi connectivity index (χ0v) is 14.2. The number of carbonyl (C=O) groups is 1. The minimum atomic E-state index is -0.812. The quantitative estimate of drug-likeness (QED) is 0.871. The molecule has 0 radical (unpaired) electrons. The first-order chi connectivity index (χ1) is 12.0. The van der Waals surface area contributed by atoms with Gasteiger partial charge in [-0.15, -0.1) is 0 Å². The van der Waals surface area contributed by atoms with Gasteiger partial charge in [0.25, 0.3) is 5.91 Å². The van der Waals surface area contributed by atoms with Gasteiger partial charge in [0.15, 0.2) is 5.69 Å². The Labute approximate surface area is 145 Å². The Morgan fingerprint density at radius 1 is 1.48 bits per heavy atom. The molecule has 1 aliphatic rings. The van der Waals surface area contributed by atoms with Crippen LogP contribution in [0.1, 0.15) is 42.4 Å². The molecule has 0 spiro atoms. The lowest BCUT2D eigenvalue weighted by Crippen LogP contribution is -2.50. The second-order valence-electron chi connectivity index (χ2n) is 6.43. The number of nitrogens with one attached hydrogen (secondary N) is 1. The Kier molecular flexibility index (Phi) is 5.03. The molecule has 2 aromatic rings. The summed E-state index contributed by atoms with van der Waals surface area (Å²) in [5.41, 5.74) is 0.0987. The third-order valence-electron chi connectivity index (χ3n) is 4.54. The van der Waals surface area contributed by atoms with E-state index in [9.17, 15) is 14.3 Å². The van der Waals surface area contributed by atoms with Crippen LogP contribution in [-0.4, -0.2) is 44.8 Å². The van der Waals surface area contributed by atoms with Gasteiger partial charge in [0.2, 0.25) is 0 Å². The standard InChI is InChI=1S/C18H22FN3O3/c1-2-18(24)7-4-8-22(12-18)17(23)16-10-14(20-21-16)11-25-15-6-3-5-13(19)9-15/h3,5-6,9-10,24H,2,4,7-8,11-12H2,1H3,(H,20,21). The fourth-order valence-corrected chi connectivity index (χ4v) is 3.00. The number of benzene rings is 1. The van der Waals surface area contributed by atoms with Crippen molar-refractivity contribution < 1.29 is 19.0 Å². The Morgan fingerprint density at radius 3 is 3.08 bits per heavy atom. The monoisotopic (exact) mass is 347 g/mol. The zero-order valence-electron chi connectivity index (χ0n) is 14.2. The minimum Gasteiger partial charge on any atom is -0.487 e. The SMILES string of the molecule is CCC1(O)CCCN(C(=O)c2cc(COc3cccc(F)c3)[nH]n2)C1. The normalized spacial score (nSPS) is 20.5. The van der Waals surface area contributed by atoms with Crippen LogP contribution in [0.25, 0.3) is 0 Å². The number of ether oxygens (including phenoxy) is 1. The van der Waals surface area contributed by atoms with Gasteiger partial charge >= 0.3 is 0 Å². The smallest absolute Gasteiger partial charge is 0.274 e. The maximum Gasteiger partial charge on any atom is 0.274 e. The van der Waals surface area contributed by atoms with Crippen molar-refractivity contribution in [1.82, 2.24) is 15.1 Å². The number of hydrogen-bond acceptors (Lipinski definition) is 4. The summed E-state index contributed by atoms with van der Waals surface area (Å²) in [6.45, 7) is 3.01. The van der Waals surface area contributed by atoms with Crippen LogP contribution >= 0.6 is 0 Å². The molecule has 0 aliphatic carbocycles. The number of aliphatic hydroxyl groups is 1. The molecule has 1 atom stereocenters. The number of amides is 1. The number of aromatic amines is 1. The molecule has 7 heteroatoms. The van der Waals surface area contributed by atoms with Crippen LogP contribution in [0, 0.1) is 5.82 Å². The van der Waals surface area contributed by atoms with Crippen molar-refractivity contribution >= 4 is 5.91 Å². The van der Waals surface area contributed by atoms with Crippen LogP contribution < -0.4 is 4.74 Å². The minimum absolute atomic E-state index is 0.155. The van der Waals surface area contributed by atoms with E-state index in [4.69, 9.17) is 4.74 Å². The number of nitrogens with zero attached hydrogens (tertiary/aromatic N) is 2. The molecule has 1 fully saturated rings. The molecule has 2 N–H and O–H groups in total. The Morgan fingerprint density at radius 2 is 2.32 bits per heavy atom. The van der Waals surface area contributed by atoms with E-state index in [0.29, 0.717) is 37.4 Å². The molecule has 134 valence electrons. The van der Waals surface area contributed by atoms with Crippen LogP contribution in [0.3, 0.4) is 0 Å². The first-order valence-corrected chi connectivity index (χ1v) is 8.43. The van der Waals surface area contributed by atoms with Crippen molar-refractivity contribution in [2.75, 3.05) is 13.1 Å². The number of aromatic nitrogens is 2. The first-order valence-electron chi connectivity index (χ1n) is 8.43. The molecule has 1 saturated heterocycles. The maximum absolute atomic E-state index is 13.1. The maximum atomic E-state index is 13.1. The fourth-order valence-electron chi connectivity index (χ4n) is 3.00. The van der Waals surface area contributed by atoms with Crippen molar-refractivity contribution in [2.45, 2.75) is 38.4 Å². The number of piperidine rings is 1. The zero-order chi connectivity index (χ0) is 17.9. The van der Waals surface area contributed by atoms with Crippen LogP contribution in [0.5, 0.6) is 5.75 Å². The molecule has 1 aliphatic heterocycles. The highest BCUT2D eigenvalue weighted by Crippen LogP contribution is 2.25. The highest BCUT2D eigenvalue weighted by molar-refractivity contribution is 5.92. The van der Waals surface area contributed by atoms with Gasteiger partial charge in [-0.2, -0.15) is 5.10 Å². The van der Waals surface area contributed by atoms with Gasteiger partial charge in [-0.25, -0.2) is 4.39 Å². The van der Waals surface area contributed by atoms with Crippen molar-refractivity contribution in [2.24, 2.45) is 0 Å². The summed E-state index contributed by atoms with van der Waals surface area (Å²) in [5.74, 6) is -0.169. The molecule has 6 nitrogen and oxygen atoms in total. The van der Waals surface area contributed by atoms with Gasteiger partial charge in [0.1, 0.15) is 18.2 Å². The van der Waals surface area contributed by atoms with E-state index in [2.05, 4.69) is 10.2 Å². The molecule has 1 aromatic heterocycles. The summed E-state index contributed by atoms with van der Waals surface area (Å²) >= 11 is 0.